The molecule has 152 valence electrons. The zero-order valence-electron chi connectivity index (χ0n) is 16.8. The number of nitrogens with zero attached hydrogens (tertiary/aromatic N) is 3. The summed E-state index contributed by atoms with van der Waals surface area (Å²) < 4.78 is 1.71. The summed E-state index contributed by atoms with van der Waals surface area (Å²) in [5.74, 6) is 1.43. The van der Waals surface area contributed by atoms with E-state index in [9.17, 15) is 15.0 Å². The van der Waals surface area contributed by atoms with E-state index in [4.69, 9.17) is 5.10 Å². The average molecular weight is 402 g/mol. The summed E-state index contributed by atoms with van der Waals surface area (Å²) in [5.41, 5.74) is 2.93. The number of aromatic nitrogens is 3. The molecule has 1 atom stereocenters. The quantitative estimate of drug-likeness (QED) is 0.599. The first-order chi connectivity index (χ1) is 14.3. The maximum atomic E-state index is 13.2. The average Bonchev–Trinajstić information content (AvgIpc) is 3.09. The number of nitrogens with one attached hydrogen (secondary N) is 1. The fourth-order valence-electron chi connectivity index (χ4n) is 4.34. The Hall–Kier alpha value is -3.61. The van der Waals surface area contributed by atoms with E-state index in [1.807, 2.05) is 6.07 Å². The molecule has 1 unspecified atom stereocenters. The van der Waals surface area contributed by atoms with Gasteiger partial charge in [-0.1, -0.05) is 26.0 Å². The monoisotopic (exact) mass is 402 g/mol. The first kappa shape index (κ1) is 18.4. The number of carbonyl (C=O) groups excluding carboxylic acids is 1. The molecule has 0 spiro atoms. The largest absolute Gasteiger partial charge is 0.508 e. The van der Waals surface area contributed by atoms with E-state index in [0.717, 1.165) is 23.2 Å². The second kappa shape index (κ2) is 6.45. The molecular weight excluding hydrogens is 380 g/mol. The van der Waals surface area contributed by atoms with Crippen molar-refractivity contribution < 1.29 is 15.0 Å². The minimum Gasteiger partial charge on any atom is -0.508 e. The van der Waals surface area contributed by atoms with Crippen LogP contribution in [0.2, 0.25) is 0 Å². The number of phenols is 2. The minimum absolute atomic E-state index is 0.0782. The Kier molecular flexibility index (Phi) is 3.96. The highest BCUT2D eigenvalue weighted by molar-refractivity contribution is 6.00. The van der Waals surface area contributed by atoms with Crippen molar-refractivity contribution in [2.24, 2.45) is 5.41 Å². The second-order valence-electron chi connectivity index (χ2n) is 8.71. The number of ketones is 1. The van der Waals surface area contributed by atoms with Crippen LogP contribution in [-0.2, 0) is 4.79 Å². The van der Waals surface area contributed by atoms with Crippen LogP contribution < -0.4 is 5.32 Å². The Bertz CT molecular complexity index is 1190. The molecule has 0 amide bonds. The molecule has 30 heavy (non-hydrogen) atoms. The molecule has 2 heterocycles. The molecule has 0 fully saturated rings. The molecule has 1 aromatic heterocycles. The van der Waals surface area contributed by atoms with Gasteiger partial charge in [0.2, 0.25) is 5.95 Å². The van der Waals surface area contributed by atoms with E-state index in [2.05, 4.69) is 24.1 Å². The molecule has 1 aliphatic carbocycles. The number of rotatable bonds is 2. The van der Waals surface area contributed by atoms with Crippen LogP contribution in [0.4, 0.5) is 5.95 Å². The Morgan fingerprint density at radius 1 is 1.07 bits per heavy atom. The van der Waals surface area contributed by atoms with Crippen LogP contribution in [0.15, 0.2) is 59.8 Å². The lowest BCUT2D eigenvalue weighted by atomic mass is 9.73. The minimum atomic E-state index is -0.467. The lowest BCUT2D eigenvalue weighted by Crippen LogP contribution is -2.36. The predicted molar refractivity (Wildman–Crippen MR) is 112 cm³/mol. The molecule has 2 aromatic carbocycles. The SMILES string of the molecule is CC1(C)CC(=O)C2=C(C1)Nc1nc(-c3ccc(O)cc3)nn1C2c1cccc(O)c1. The Labute approximate surface area is 173 Å². The molecule has 0 saturated carbocycles. The standard InChI is InChI=1S/C23H22N4O3/c1-23(2)11-17-19(18(30)12-23)20(14-4-3-5-16(29)10-14)27-22(24-17)25-21(26-27)13-6-8-15(28)9-7-13/h3-10,20,28-29H,11-12H2,1-2H3,(H,24,25,26). The first-order valence-corrected chi connectivity index (χ1v) is 9.89. The van der Waals surface area contributed by atoms with Crippen molar-refractivity contribution in [2.45, 2.75) is 32.7 Å². The molecular formula is C23H22N4O3. The van der Waals surface area contributed by atoms with Gasteiger partial charge in [0, 0.05) is 23.3 Å². The van der Waals surface area contributed by atoms with Crippen LogP contribution in [0.25, 0.3) is 11.4 Å². The summed E-state index contributed by atoms with van der Waals surface area (Å²) in [6.45, 7) is 4.17. The molecule has 0 bridgehead atoms. The molecule has 7 heteroatoms. The smallest absolute Gasteiger partial charge is 0.226 e. The van der Waals surface area contributed by atoms with Crippen LogP contribution in [-0.4, -0.2) is 30.8 Å². The van der Waals surface area contributed by atoms with Crippen LogP contribution in [0.5, 0.6) is 11.5 Å². The third-order valence-electron chi connectivity index (χ3n) is 5.64. The predicted octanol–water partition coefficient (Wildman–Crippen LogP) is 4.01. The van der Waals surface area contributed by atoms with E-state index in [1.165, 1.54) is 0 Å². The third kappa shape index (κ3) is 3.03. The van der Waals surface area contributed by atoms with E-state index >= 15 is 0 Å². The zero-order valence-corrected chi connectivity index (χ0v) is 16.8. The Morgan fingerprint density at radius 2 is 1.83 bits per heavy atom. The summed E-state index contributed by atoms with van der Waals surface area (Å²) in [5, 5.41) is 27.7. The number of phenolic OH excluding ortho intramolecular Hbond substituents is 2. The van der Waals surface area contributed by atoms with Gasteiger partial charge in [0.25, 0.3) is 0 Å². The summed E-state index contributed by atoms with van der Waals surface area (Å²) in [6, 6.07) is 13.1. The Balaban J connectivity index is 1.68. The van der Waals surface area contributed by atoms with Gasteiger partial charge in [0.05, 0.1) is 0 Å². The second-order valence-corrected chi connectivity index (χ2v) is 8.71. The number of allylic oxidation sites excluding steroid dienone is 2. The van der Waals surface area contributed by atoms with Crippen LogP contribution in [0.3, 0.4) is 0 Å². The first-order valence-electron chi connectivity index (χ1n) is 9.89. The summed E-state index contributed by atoms with van der Waals surface area (Å²) >= 11 is 0. The van der Waals surface area contributed by atoms with Gasteiger partial charge in [0.15, 0.2) is 11.6 Å². The van der Waals surface area contributed by atoms with Crippen molar-refractivity contribution >= 4 is 11.7 Å². The highest BCUT2D eigenvalue weighted by Crippen LogP contribution is 2.46. The van der Waals surface area contributed by atoms with Gasteiger partial charge in [0.1, 0.15) is 17.5 Å². The topological polar surface area (TPSA) is 100 Å². The highest BCUT2D eigenvalue weighted by atomic mass is 16.3. The van der Waals surface area contributed by atoms with Crippen LogP contribution >= 0.6 is 0 Å². The molecule has 0 saturated heterocycles. The normalized spacial score (nSPS) is 19.8. The molecule has 1 aliphatic heterocycles. The van der Waals surface area contributed by atoms with Crippen molar-refractivity contribution in [3.63, 3.8) is 0 Å². The van der Waals surface area contributed by atoms with Gasteiger partial charge in [-0.2, -0.15) is 4.98 Å². The molecule has 5 rings (SSSR count). The molecule has 0 radical (unpaired) electrons. The van der Waals surface area contributed by atoms with Gasteiger partial charge >= 0.3 is 0 Å². The molecule has 7 nitrogen and oxygen atoms in total. The number of aromatic hydroxyl groups is 2. The summed E-state index contributed by atoms with van der Waals surface area (Å²) in [7, 11) is 0. The third-order valence-corrected chi connectivity index (χ3v) is 5.64. The maximum Gasteiger partial charge on any atom is 0.226 e. The van der Waals surface area contributed by atoms with E-state index in [0.29, 0.717) is 23.8 Å². The Morgan fingerprint density at radius 3 is 2.57 bits per heavy atom. The lowest BCUT2D eigenvalue weighted by molar-refractivity contribution is -0.118. The molecule has 2 aliphatic rings. The zero-order chi connectivity index (χ0) is 21.0. The number of carbonyl (C=O) groups is 1. The van der Waals surface area contributed by atoms with Crippen molar-refractivity contribution in [2.75, 3.05) is 5.32 Å². The van der Waals surface area contributed by atoms with E-state index < -0.39 is 6.04 Å². The number of benzene rings is 2. The summed E-state index contributed by atoms with van der Waals surface area (Å²) in [6.07, 6.45) is 1.18. The number of Topliss-reactive ketones (excluding diaryl/α,β-unsaturated/α-hetero) is 1. The van der Waals surface area contributed by atoms with Crippen molar-refractivity contribution in [3.05, 3.63) is 65.4 Å². The number of fused-ring (bicyclic) bond motifs is 1. The van der Waals surface area contributed by atoms with Crippen molar-refractivity contribution in [1.29, 1.82) is 0 Å². The number of hydrogen-bond acceptors (Lipinski definition) is 6. The van der Waals surface area contributed by atoms with Crippen molar-refractivity contribution in [3.8, 4) is 22.9 Å². The number of anilines is 1. The maximum absolute atomic E-state index is 13.2. The summed E-state index contributed by atoms with van der Waals surface area (Å²) in [4.78, 5) is 17.9. The fraction of sp³-hybridized carbons (Fsp3) is 0.261. The lowest BCUT2D eigenvalue weighted by Gasteiger charge is -2.38. The van der Waals surface area contributed by atoms with Gasteiger partial charge in [-0.25, -0.2) is 4.68 Å². The van der Waals surface area contributed by atoms with Gasteiger partial charge < -0.3 is 15.5 Å². The fourth-order valence-corrected chi connectivity index (χ4v) is 4.34. The number of hydrogen-bond donors (Lipinski definition) is 3. The van der Waals surface area contributed by atoms with E-state index in [1.54, 1.807) is 47.1 Å². The van der Waals surface area contributed by atoms with E-state index in [-0.39, 0.29) is 22.7 Å². The van der Waals surface area contributed by atoms with Gasteiger partial charge in [-0.15, -0.1) is 5.10 Å². The van der Waals surface area contributed by atoms with Crippen LogP contribution in [0.1, 0.15) is 38.3 Å². The molecule has 3 N–H and O–H groups in total. The highest BCUT2D eigenvalue weighted by Gasteiger charge is 2.42. The van der Waals surface area contributed by atoms with Gasteiger partial charge in [-0.05, 0) is 53.8 Å². The molecule has 3 aromatic rings. The van der Waals surface area contributed by atoms with Crippen molar-refractivity contribution in [1.82, 2.24) is 14.8 Å². The van der Waals surface area contributed by atoms with Crippen LogP contribution in [0, 0.1) is 5.41 Å². The van der Waals surface area contributed by atoms with Gasteiger partial charge in [-0.3, -0.25) is 4.79 Å².